The third-order valence-corrected chi connectivity index (χ3v) is 8.58. The first-order chi connectivity index (χ1) is 12.1. The van der Waals surface area contributed by atoms with Crippen LogP contribution in [0.25, 0.3) is 0 Å². The highest BCUT2D eigenvalue weighted by molar-refractivity contribution is 5.82. The molecule has 3 saturated carbocycles. The zero-order valence-corrected chi connectivity index (χ0v) is 17.4. The first-order valence-electron chi connectivity index (χ1n) is 10.2. The second-order valence-electron chi connectivity index (χ2n) is 10.4. The van der Waals surface area contributed by atoms with Crippen molar-refractivity contribution in [2.75, 3.05) is 14.2 Å². The minimum Gasteiger partial charge on any atom is -0.469 e. The van der Waals surface area contributed by atoms with Crippen LogP contribution < -0.4 is 0 Å². The number of carbonyl (C=O) groups is 2. The van der Waals surface area contributed by atoms with Crippen molar-refractivity contribution in [1.29, 1.82) is 0 Å². The molecule has 3 aliphatic rings. The van der Waals surface area contributed by atoms with Gasteiger partial charge < -0.3 is 9.47 Å². The predicted octanol–water partition coefficient (Wildman–Crippen LogP) is 4.75. The minimum atomic E-state index is -0.590. The van der Waals surface area contributed by atoms with Gasteiger partial charge in [0.1, 0.15) is 0 Å². The van der Waals surface area contributed by atoms with Crippen molar-refractivity contribution in [3.63, 3.8) is 0 Å². The number of fused-ring (bicyclic) bond motifs is 3. The molecule has 0 aromatic heterocycles. The van der Waals surface area contributed by atoms with Crippen molar-refractivity contribution in [3.8, 4) is 0 Å². The average Bonchev–Trinajstić information content (AvgIpc) is 2.58. The molecule has 4 nitrogen and oxygen atoms in total. The summed E-state index contributed by atoms with van der Waals surface area (Å²) >= 11 is 0. The summed E-state index contributed by atoms with van der Waals surface area (Å²) in [6.07, 6.45) is 7.82. The Morgan fingerprint density at radius 2 is 1.42 bits per heavy atom. The summed E-state index contributed by atoms with van der Waals surface area (Å²) in [4.78, 5) is 25.6. The van der Waals surface area contributed by atoms with E-state index in [1.165, 1.54) is 33.5 Å². The summed E-state index contributed by atoms with van der Waals surface area (Å²) in [5.41, 5.74) is -0.675. The number of rotatable bonds is 2. The Kier molecular flexibility index (Phi) is 4.73. The van der Waals surface area contributed by atoms with Crippen LogP contribution in [0.2, 0.25) is 0 Å². The van der Waals surface area contributed by atoms with Gasteiger partial charge in [0, 0.05) is 0 Å². The number of methoxy groups -OCH3 is 2. The summed E-state index contributed by atoms with van der Waals surface area (Å²) in [6.45, 7) is 9.20. The Balaban J connectivity index is 2.05. The number of hydrogen-bond acceptors (Lipinski definition) is 4. The Labute approximate surface area is 158 Å². The normalized spacial score (nSPS) is 44.4. The first-order valence-corrected chi connectivity index (χ1v) is 10.2. The van der Waals surface area contributed by atoms with Crippen molar-refractivity contribution in [3.05, 3.63) is 0 Å². The molecular formula is C22H36O4. The molecule has 0 radical (unpaired) electrons. The standard InChI is InChI=1S/C22H36O4/c1-19(2)10-7-11-21(4)15(19)9-13-22(18(24)26-6)14-20(3,17(23)25-5)12-8-16(21)22/h15-16H,7-14H2,1-6H3/t15-,16+,20+,21-,22+/m0/s1. The van der Waals surface area contributed by atoms with E-state index in [1.807, 2.05) is 6.92 Å². The van der Waals surface area contributed by atoms with Gasteiger partial charge in [-0.15, -0.1) is 0 Å². The molecule has 3 fully saturated rings. The molecule has 0 bridgehead atoms. The molecule has 5 atom stereocenters. The van der Waals surface area contributed by atoms with E-state index in [9.17, 15) is 9.59 Å². The fraction of sp³-hybridized carbons (Fsp3) is 0.909. The molecule has 0 amide bonds. The molecule has 0 aliphatic heterocycles. The first kappa shape index (κ1) is 19.7. The van der Waals surface area contributed by atoms with Crippen LogP contribution in [-0.4, -0.2) is 26.2 Å². The van der Waals surface area contributed by atoms with E-state index in [0.29, 0.717) is 23.7 Å². The van der Waals surface area contributed by atoms with Crippen LogP contribution in [0, 0.1) is 33.5 Å². The molecule has 26 heavy (non-hydrogen) atoms. The maximum atomic E-state index is 13.1. The van der Waals surface area contributed by atoms with Gasteiger partial charge in [0.05, 0.1) is 25.0 Å². The predicted molar refractivity (Wildman–Crippen MR) is 100 cm³/mol. The van der Waals surface area contributed by atoms with E-state index >= 15 is 0 Å². The molecule has 3 rings (SSSR count). The average molecular weight is 365 g/mol. The van der Waals surface area contributed by atoms with E-state index < -0.39 is 10.8 Å². The molecule has 0 N–H and O–H groups in total. The van der Waals surface area contributed by atoms with E-state index in [2.05, 4.69) is 20.8 Å². The summed E-state index contributed by atoms with van der Waals surface area (Å²) in [5, 5.41) is 0. The van der Waals surface area contributed by atoms with Gasteiger partial charge in [0.15, 0.2) is 0 Å². The van der Waals surface area contributed by atoms with E-state index in [4.69, 9.17) is 9.47 Å². The molecule has 0 heterocycles. The molecular weight excluding hydrogens is 328 g/mol. The Hall–Kier alpha value is -1.06. The summed E-state index contributed by atoms with van der Waals surface area (Å²) in [7, 11) is 2.95. The third-order valence-electron chi connectivity index (χ3n) is 8.58. The molecule has 0 aromatic carbocycles. The van der Waals surface area contributed by atoms with Crippen LogP contribution in [0.3, 0.4) is 0 Å². The topological polar surface area (TPSA) is 52.6 Å². The lowest BCUT2D eigenvalue weighted by atomic mass is 9.39. The van der Waals surface area contributed by atoms with Crippen LogP contribution in [-0.2, 0) is 19.1 Å². The number of carbonyl (C=O) groups excluding carboxylic acids is 2. The maximum Gasteiger partial charge on any atom is 0.312 e. The number of hydrogen-bond donors (Lipinski definition) is 0. The zero-order chi connectivity index (χ0) is 19.4. The quantitative estimate of drug-likeness (QED) is 0.663. The van der Waals surface area contributed by atoms with Crippen LogP contribution in [0.15, 0.2) is 0 Å². The molecule has 0 unspecified atom stereocenters. The monoisotopic (exact) mass is 364 g/mol. The fourth-order valence-electron chi connectivity index (χ4n) is 7.52. The lowest BCUT2D eigenvalue weighted by molar-refractivity contribution is -0.202. The highest BCUT2D eigenvalue weighted by Crippen LogP contribution is 2.69. The zero-order valence-electron chi connectivity index (χ0n) is 17.4. The van der Waals surface area contributed by atoms with E-state index in [-0.39, 0.29) is 17.4 Å². The van der Waals surface area contributed by atoms with Gasteiger partial charge in [-0.3, -0.25) is 9.59 Å². The number of ether oxygens (including phenoxy) is 2. The minimum absolute atomic E-state index is 0.111. The Bertz CT molecular complexity index is 597. The summed E-state index contributed by atoms with van der Waals surface area (Å²) in [6, 6.07) is 0. The van der Waals surface area contributed by atoms with Crippen LogP contribution in [0.4, 0.5) is 0 Å². The van der Waals surface area contributed by atoms with Gasteiger partial charge in [0.2, 0.25) is 0 Å². The highest BCUT2D eigenvalue weighted by Gasteiger charge is 2.66. The smallest absolute Gasteiger partial charge is 0.312 e. The van der Waals surface area contributed by atoms with Crippen molar-refractivity contribution >= 4 is 11.9 Å². The fourth-order valence-corrected chi connectivity index (χ4v) is 7.52. The molecule has 148 valence electrons. The van der Waals surface area contributed by atoms with Crippen molar-refractivity contribution < 1.29 is 19.1 Å². The summed E-state index contributed by atoms with van der Waals surface area (Å²) < 4.78 is 10.4. The molecule has 0 saturated heterocycles. The van der Waals surface area contributed by atoms with Crippen molar-refractivity contribution in [2.24, 2.45) is 33.5 Å². The third kappa shape index (κ3) is 2.62. The van der Waals surface area contributed by atoms with Gasteiger partial charge in [-0.05, 0) is 74.5 Å². The van der Waals surface area contributed by atoms with Gasteiger partial charge in [-0.25, -0.2) is 0 Å². The van der Waals surface area contributed by atoms with Gasteiger partial charge >= 0.3 is 11.9 Å². The van der Waals surface area contributed by atoms with Crippen molar-refractivity contribution in [2.45, 2.75) is 79.1 Å². The number of esters is 2. The van der Waals surface area contributed by atoms with Gasteiger partial charge in [-0.1, -0.05) is 27.2 Å². The highest BCUT2D eigenvalue weighted by atomic mass is 16.5. The second kappa shape index (κ2) is 6.24. The van der Waals surface area contributed by atoms with Crippen LogP contribution >= 0.6 is 0 Å². The molecule has 3 aliphatic carbocycles. The van der Waals surface area contributed by atoms with Crippen LogP contribution in [0.1, 0.15) is 79.1 Å². The summed E-state index contributed by atoms with van der Waals surface area (Å²) in [5.74, 6) is 0.628. The van der Waals surface area contributed by atoms with E-state index in [1.54, 1.807) is 0 Å². The van der Waals surface area contributed by atoms with Gasteiger partial charge in [0.25, 0.3) is 0 Å². The second-order valence-corrected chi connectivity index (χ2v) is 10.4. The van der Waals surface area contributed by atoms with E-state index in [0.717, 1.165) is 25.7 Å². The van der Waals surface area contributed by atoms with Crippen molar-refractivity contribution in [1.82, 2.24) is 0 Å². The molecule has 0 spiro atoms. The Morgan fingerprint density at radius 1 is 0.808 bits per heavy atom. The van der Waals surface area contributed by atoms with Gasteiger partial charge in [-0.2, -0.15) is 0 Å². The van der Waals surface area contributed by atoms with Crippen LogP contribution in [0.5, 0.6) is 0 Å². The Morgan fingerprint density at radius 3 is 2.04 bits per heavy atom. The SMILES string of the molecule is COC(=O)[C@]1(C)CC[C@H]2[C@@](C(=O)OC)(CC[C@H]3C(C)(C)CCC[C@@]32C)C1. The molecule has 0 aromatic rings. The molecule has 4 heteroatoms. The largest absolute Gasteiger partial charge is 0.469 e. The lowest BCUT2D eigenvalue weighted by Crippen LogP contribution is -2.61. The maximum absolute atomic E-state index is 13.1. The lowest BCUT2D eigenvalue weighted by Gasteiger charge is -2.64.